The maximum Gasteiger partial charge on any atom is 0.229 e. The van der Waals surface area contributed by atoms with Gasteiger partial charge in [0, 0.05) is 19.2 Å². The van der Waals surface area contributed by atoms with E-state index in [9.17, 15) is 5.11 Å². The molecule has 156 valence electrons. The summed E-state index contributed by atoms with van der Waals surface area (Å²) >= 11 is 0. The third kappa shape index (κ3) is 6.30. The topological polar surface area (TPSA) is 118 Å². The zero-order valence-corrected chi connectivity index (χ0v) is 17.1. The summed E-state index contributed by atoms with van der Waals surface area (Å²) in [6.45, 7) is 8.09. The Hall–Kier alpha value is -2.91. The van der Waals surface area contributed by atoms with Crippen molar-refractivity contribution in [3.05, 3.63) is 35.5 Å². The predicted molar refractivity (Wildman–Crippen MR) is 114 cm³/mol. The van der Waals surface area contributed by atoms with Crippen LogP contribution in [0.5, 0.6) is 5.88 Å². The number of nitrogens with two attached hydrogens (primary N) is 1. The van der Waals surface area contributed by atoms with E-state index in [1.54, 1.807) is 26.1 Å². The van der Waals surface area contributed by atoms with E-state index in [4.69, 9.17) is 15.2 Å². The van der Waals surface area contributed by atoms with Crippen molar-refractivity contribution < 1.29 is 14.6 Å². The van der Waals surface area contributed by atoms with E-state index >= 15 is 0 Å². The van der Waals surface area contributed by atoms with Gasteiger partial charge in [0.15, 0.2) is 0 Å². The minimum atomic E-state index is -0.970. The van der Waals surface area contributed by atoms with Gasteiger partial charge >= 0.3 is 0 Å². The summed E-state index contributed by atoms with van der Waals surface area (Å²) in [6, 6.07) is 7.37. The molecule has 1 aromatic carbocycles. The van der Waals surface area contributed by atoms with E-state index in [1.807, 2.05) is 30.0 Å². The number of aromatic nitrogens is 2. The summed E-state index contributed by atoms with van der Waals surface area (Å²) in [5.41, 5.74) is 10.9. The number of nitrogens with one attached hydrogen (secondary N) is 1. The third-order valence-corrected chi connectivity index (χ3v) is 4.17. The molecule has 1 aliphatic rings. The van der Waals surface area contributed by atoms with E-state index in [2.05, 4.69) is 20.5 Å². The number of nitrogen functional groups attached to an aromatic ring is 1. The summed E-state index contributed by atoms with van der Waals surface area (Å²) in [5.74, 6) is 0.915. The first-order valence-corrected chi connectivity index (χ1v) is 9.52. The SMILES string of the molecule is Cc1ccc(N)c(NN=Cc2cc(OCC(C)(C)O)nc(N3CCOCC3)n2)c1. The molecule has 1 saturated heterocycles. The van der Waals surface area contributed by atoms with Crippen LogP contribution in [0, 0.1) is 6.92 Å². The number of hydrogen-bond donors (Lipinski definition) is 3. The molecule has 0 atom stereocenters. The van der Waals surface area contributed by atoms with Crippen molar-refractivity contribution in [3.63, 3.8) is 0 Å². The van der Waals surface area contributed by atoms with Crippen LogP contribution < -0.4 is 20.8 Å². The fourth-order valence-electron chi connectivity index (χ4n) is 2.66. The molecule has 0 bridgehead atoms. The number of morpholine rings is 1. The second kappa shape index (κ2) is 9.06. The van der Waals surface area contributed by atoms with Gasteiger partial charge in [-0.05, 0) is 38.5 Å². The standard InChI is InChI=1S/C20H28N6O3/c1-14-4-5-16(21)17(10-14)25-22-12-15-11-18(29-13-20(2,3)27)24-19(23-15)26-6-8-28-9-7-26/h4-5,10-12,25,27H,6-9,13,21H2,1-3H3. The quantitative estimate of drug-likeness (QED) is 0.366. The van der Waals surface area contributed by atoms with Crippen LogP contribution in [0.25, 0.3) is 0 Å². The smallest absolute Gasteiger partial charge is 0.229 e. The maximum atomic E-state index is 9.94. The van der Waals surface area contributed by atoms with E-state index in [-0.39, 0.29) is 6.61 Å². The molecule has 0 spiro atoms. The number of ether oxygens (including phenoxy) is 2. The van der Waals surface area contributed by atoms with Crippen molar-refractivity contribution in [2.24, 2.45) is 5.10 Å². The third-order valence-electron chi connectivity index (χ3n) is 4.17. The molecule has 0 amide bonds. The number of rotatable bonds is 7. The normalized spacial score (nSPS) is 15.0. The van der Waals surface area contributed by atoms with Crippen LogP contribution in [-0.4, -0.2) is 59.8 Å². The number of benzene rings is 1. The number of hydrazone groups is 1. The maximum absolute atomic E-state index is 9.94. The molecule has 9 nitrogen and oxygen atoms in total. The van der Waals surface area contributed by atoms with Gasteiger partial charge in [-0.1, -0.05) is 6.07 Å². The lowest BCUT2D eigenvalue weighted by molar-refractivity contribution is 0.0268. The van der Waals surface area contributed by atoms with Gasteiger partial charge in [-0.2, -0.15) is 10.1 Å². The summed E-state index contributed by atoms with van der Waals surface area (Å²) in [7, 11) is 0. The summed E-state index contributed by atoms with van der Waals surface area (Å²) in [6.07, 6.45) is 1.59. The molecule has 0 aliphatic carbocycles. The lowest BCUT2D eigenvalue weighted by Crippen LogP contribution is -2.37. The zero-order valence-electron chi connectivity index (χ0n) is 17.1. The number of aliphatic hydroxyl groups is 1. The van der Waals surface area contributed by atoms with E-state index in [1.165, 1.54) is 0 Å². The summed E-state index contributed by atoms with van der Waals surface area (Å²) < 4.78 is 11.1. The number of hydrogen-bond acceptors (Lipinski definition) is 9. The monoisotopic (exact) mass is 400 g/mol. The van der Waals surface area contributed by atoms with Crippen LogP contribution in [0.3, 0.4) is 0 Å². The highest BCUT2D eigenvalue weighted by atomic mass is 16.5. The average molecular weight is 400 g/mol. The summed E-state index contributed by atoms with van der Waals surface area (Å²) in [4.78, 5) is 11.1. The van der Waals surface area contributed by atoms with Crippen molar-refractivity contribution in [2.45, 2.75) is 26.4 Å². The molecular formula is C20H28N6O3. The van der Waals surface area contributed by atoms with Crippen LogP contribution in [-0.2, 0) is 4.74 Å². The predicted octanol–water partition coefficient (Wildman–Crippen LogP) is 1.80. The molecule has 1 fully saturated rings. The van der Waals surface area contributed by atoms with Crippen molar-refractivity contribution in [2.75, 3.05) is 49.0 Å². The molecule has 1 aliphatic heterocycles. The van der Waals surface area contributed by atoms with E-state index in [0.717, 1.165) is 11.3 Å². The fraction of sp³-hybridized carbons (Fsp3) is 0.450. The second-order valence-corrected chi connectivity index (χ2v) is 7.59. The highest BCUT2D eigenvalue weighted by molar-refractivity contribution is 5.79. The minimum absolute atomic E-state index is 0.112. The zero-order chi connectivity index (χ0) is 20.9. The minimum Gasteiger partial charge on any atom is -0.474 e. The van der Waals surface area contributed by atoms with Gasteiger partial charge < -0.3 is 25.2 Å². The molecule has 2 heterocycles. The van der Waals surface area contributed by atoms with Crippen molar-refractivity contribution in [1.29, 1.82) is 0 Å². The van der Waals surface area contributed by atoms with Gasteiger partial charge in [-0.3, -0.25) is 5.43 Å². The van der Waals surface area contributed by atoms with Gasteiger partial charge in [-0.25, -0.2) is 4.98 Å². The molecule has 3 rings (SSSR count). The van der Waals surface area contributed by atoms with Gasteiger partial charge in [0.2, 0.25) is 11.8 Å². The summed E-state index contributed by atoms with van der Waals surface area (Å²) in [5, 5.41) is 14.2. The first-order valence-electron chi connectivity index (χ1n) is 9.52. The molecule has 4 N–H and O–H groups in total. The second-order valence-electron chi connectivity index (χ2n) is 7.59. The Morgan fingerprint density at radius 1 is 1.31 bits per heavy atom. The molecular weight excluding hydrogens is 372 g/mol. The van der Waals surface area contributed by atoms with E-state index in [0.29, 0.717) is 49.5 Å². The van der Waals surface area contributed by atoms with Crippen LogP contribution in [0.2, 0.25) is 0 Å². The molecule has 9 heteroatoms. The number of nitrogens with zero attached hydrogens (tertiary/aromatic N) is 4. The van der Waals surface area contributed by atoms with Gasteiger partial charge in [-0.15, -0.1) is 0 Å². The van der Waals surface area contributed by atoms with Crippen LogP contribution in [0.15, 0.2) is 29.4 Å². The van der Waals surface area contributed by atoms with Gasteiger partial charge in [0.25, 0.3) is 0 Å². The average Bonchev–Trinajstić information content (AvgIpc) is 2.69. The first kappa shape index (κ1) is 20.8. The number of aryl methyl sites for hydroxylation is 1. The Bertz CT molecular complexity index is 860. The lowest BCUT2D eigenvalue weighted by Gasteiger charge is -2.27. The Morgan fingerprint density at radius 3 is 2.79 bits per heavy atom. The molecule has 2 aromatic rings. The largest absolute Gasteiger partial charge is 0.474 e. The Balaban J connectivity index is 1.80. The molecule has 29 heavy (non-hydrogen) atoms. The molecule has 0 unspecified atom stereocenters. The van der Waals surface area contributed by atoms with Crippen molar-refractivity contribution in [1.82, 2.24) is 9.97 Å². The Morgan fingerprint density at radius 2 is 2.07 bits per heavy atom. The van der Waals surface area contributed by atoms with Crippen molar-refractivity contribution in [3.8, 4) is 5.88 Å². The molecule has 1 aromatic heterocycles. The highest BCUT2D eigenvalue weighted by Gasteiger charge is 2.18. The van der Waals surface area contributed by atoms with Crippen LogP contribution >= 0.6 is 0 Å². The van der Waals surface area contributed by atoms with Crippen molar-refractivity contribution >= 4 is 23.5 Å². The van der Waals surface area contributed by atoms with E-state index < -0.39 is 5.60 Å². The number of anilines is 3. The Labute approximate surface area is 170 Å². The first-order chi connectivity index (χ1) is 13.8. The van der Waals surface area contributed by atoms with Gasteiger partial charge in [0.1, 0.15) is 6.61 Å². The fourth-order valence-corrected chi connectivity index (χ4v) is 2.66. The molecule has 0 radical (unpaired) electrons. The van der Waals surface area contributed by atoms with Crippen LogP contribution in [0.4, 0.5) is 17.3 Å². The Kier molecular flexibility index (Phi) is 6.50. The van der Waals surface area contributed by atoms with Gasteiger partial charge in [0.05, 0.1) is 42.1 Å². The highest BCUT2D eigenvalue weighted by Crippen LogP contribution is 2.20. The lowest BCUT2D eigenvalue weighted by atomic mass is 10.2. The molecule has 0 saturated carbocycles. The van der Waals surface area contributed by atoms with Crippen LogP contribution in [0.1, 0.15) is 25.1 Å².